The van der Waals surface area contributed by atoms with Crippen molar-refractivity contribution in [1.29, 1.82) is 5.26 Å². The monoisotopic (exact) mass is 299 g/mol. The lowest BCUT2D eigenvalue weighted by atomic mass is 9.90. The molecule has 118 valence electrons. The van der Waals surface area contributed by atoms with E-state index in [9.17, 15) is 4.79 Å². The maximum absolute atomic E-state index is 12.4. The number of likely N-dealkylation sites (N-methyl/N-ethyl adjacent to an activating group) is 1. The average Bonchev–Trinajstić information content (AvgIpc) is 2.54. The van der Waals surface area contributed by atoms with Crippen LogP contribution >= 0.6 is 0 Å². The molecule has 1 saturated heterocycles. The maximum Gasteiger partial charge on any atom is 0.251 e. The van der Waals surface area contributed by atoms with E-state index >= 15 is 0 Å². The number of nitriles is 1. The van der Waals surface area contributed by atoms with Crippen molar-refractivity contribution in [3.8, 4) is 6.07 Å². The normalized spacial score (nSPS) is 20.1. The molecule has 1 fully saturated rings. The fourth-order valence-electron chi connectivity index (χ4n) is 3.05. The predicted octanol–water partition coefficient (Wildman–Crippen LogP) is 2.92. The van der Waals surface area contributed by atoms with Crippen LogP contribution in [-0.2, 0) is 0 Å². The molecule has 1 heterocycles. The molecule has 22 heavy (non-hydrogen) atoms. The van der Waals surface area contributed by atoms with Gasteiger partial charge in [-0.3, -0.25) is 4.79 Å². The van der Waals surface area contributed by atoms with Crippen LogP contribution in [0.15, 0.2) is 24.3 Å². The first kappa shape index (κ1) is 16.5. The van der Waals surface area contributed by atoms with Crippen molar-refractivity contribution in [1.82, 2.24) is 10.2 Å². The molecular formula is C18H25N3O. The van der Waals surface area contributed by atoms with Gasteiger partial charge in [0.25, 0.3) is 5.91 Å². The highest BCUT2D eigenvalue weighted by Gasteiger charge is 2.20. The fraction of sp³-hybridized carbons (Fsp3) is 0.556. The minimum atomic E-state index is -0.0758. The Morgan fingerprint density at radius 1 is 1.55 bits per heavy atom. The first-order valence-electron chi connectivity index (χ1n) is 8.10. The van der Waals surface area contributed by atoms with E-state index in [1.54, 1.807) is 0 Å². The van der Waals surface area contributed by atoms with E-state index in [1.807, 2.05) is 25.1 Å². The van der Waals surface area contributed by atoms with Crippen molar-refractivity contribution in [2.45, 2.75) is 44.6 Å². The summed E-state index contributed by atoms with van der Waals surface area (Å²) >= 11 is 0. The van der Waals surface area contributed by atoms with Crippen LogP contribution in [0.4, 0.5) is 0 Å². The Labute approximate surface area is 133 Å². The number of nitrogens with one attached hydrogen (secondary N) is 1. The summed E-state index contributed by atoms with van der Waals surface area (Å²) in [6.45, 7) is 4.19. The highest BCUT2D eigenvalue weighted by Crippen LogP contribution is 2.26. The largest absolute Gasteiger partial charge is 0.348 e. The van der Waals surface area contributed by atoms with E-state index < -0.39 is 0 Å². The van der Waals surface area contributed by atoms with Gasteiger partial charge in [0.15, 0.2) is 0 Å². The van der Waals surface area contributed by atoms with Crippen molar-refractivity contribution in [2.24, 2.45) is 0 Å². The van der Waals surface area contributed by atoms with E-state index in [0.717, 1.165) is 19.5 Å². The molecule has 1 N–H and O–H groups in total. The molecule has 0 aromatic heterocycles. The van der Waals surface area contributed by atoms with Gasteiger partial charge in [0.05, 0.1) is 12.5 Å². The van der Waals surface area contributed by atoms with Gasteiger partial charge in [-0.15, -0.1) is 0 Å². The summed E-state index contributed by atoms with van der Waals surface area (Å²) in [5, 5.41) is 11.7. The van der Waals surface area contributed by atoms with Crippen LogP contribution < -0.4 is 5.32 Å². The van der Waals surface area contributed by atoms with E-state index in [-0.39, 0.29) is 11.9 Å². The number of piperidine rings is 1. The number of benzene rings is 1. The summed E-state index contributed by atoms with van der Waals surface area (Å²) < 4.78 is 0. The van der Waals surface area contributed by atoms with Gasteiger partial charge < -0.3 is 10.2 Å². The van der Waals surface area contributed by atoms with Gasteiger partial charge in [0.2, 0.25) is 0 Å². The molecule has 0 bridgehead atoms. The van der Waals surface area contributed by atoms with Crippen LogP contribution in [-0.4, -0.2) is 37.0 Å². The molecule has 0 aliphatic carbocycles. The Bertz CT molecular complexity index is 550. The number of rotatable bonds is 5. The van der Waals surface area contributed by atoms with Gasteiger partial charge in [-0.1, -0.05) is 19.1 Å². The van der Waals surface area contributed by atoms with Crippen molar-refractivity contribution in [3.05, 3.63) is 35.4 Å². The maximum atomic E-state index is 12.4. The van der Waals surface area contributed by atoms with Crippen LogP contribution in [0, 0.1) is 11.3 Å². The van der Waals surface area contributed by atoms with Crippen molar-refractivity contribution in [3.63, 3.8) is 0 Å². The highest BCUT2D eigenvalue weighted by atomic mass is 16.1. The third kappa shape index (κ3) is 4.32. The zero-order chi connectivity index (χ0) is 15.9. The number of hydrogen-bond acceptors (Lipinski definition) is 3. The number of hydrogen-bond donors (Lipinski definition) is 1. The zero-order valence-corrected chi connectivity index (χ0v) is 13.5. The van der Waals surface area contributed by atoms with Gasteiger partial charge in [0.1, 0.15) is 0 Å². The van der Waals surface area contributed by atoms with Gasteiger partial charge >= 0.3 is 0 Å². The summed E-state index contributed by atoms with van der Waals surface area (Å²) in [6, 6.07) is 10.0. The molecule has 1 aromatic carbocycles. The van der Waals surface area contributed by atoms with Gasteiger partial charge in [-0.25, -0.2) is 0 Å². The first-order valence-corrected chi connectivity index (χ1v) is 8.10. The molecule has 4 heteroatoms. The van der Waals surface area contributed by atoms with E-state index in [2.05, 4.69) is 29.4 Å². The van der Waals surface area contributed by atoms with E-state index in [0.29, 0.717) is 17.9 Å². The summed E-state index contributed by atoms with van der Waals surface area (Å²) in [7, 11) is 2.15. The Morgan fingerprint density at radius 3 is 3.05 bits per heavy atom. The van der Waals surface area contributed by atoms with Crippen LogP contribution in [0.3, 0.4) is 0 Å². The molecule has 0 saturated carbocycles. The first-order chi connectivity index (χ1) is 10.6. The fourth-order valence-corrected chi connectivity index (χ4v) is 3.05. The van der Waals surface area contributed by atoms with Gasteiger partial charge in [-0.2, -0.15) is 5.26 Å². The van der Waals surface area contributed by atoms with E-state index in [1.165, 1.54) is 18.4 Å². The molecule has 1 aliphatic heterocycles. The van der Waals surface area contributed by atoms with Crippen LogP contribution in [0.2, 0.25) is 0 Å². The number of nitrogens with zero attached hydrogens (tertiary/aromatic N) is 2. The number of carbonyl (C=O) groups is 1. The molecule has 4 nitrogen and oxygen atoms in total. The van der Waals surface area contributed by atoms with Crippen molar-refractivity contribution in [2.75, 3.05) is 20.1 Å². The minimum Gasteiger partial charge on any atom is -0.348 e. The molecule has 1 aliphatic rings. The number of amides is 1. The van der Waals surface area contributed by atoms with Crippen LogP contribution in [0.25, 0.3) is 0 Å². The molecule has 0 radical (unpaired) electrons. The van der Waals surface area contributed by atoms with Crippen molar-refractivity contribution < 1.29 is 4.79 Å². The Morgan fingerprint density at radius 2 is 2.36 bits per heavy atom. The second-order valence-corrected chi connectivity index (χ2v) is 6.17. The summed E-state index contributed by atoms with van der Waals surface area (Å²) in [4.78, 5) is 14.7. The Kier molecular flexibility index (Phi) is 5.97. The standard InChI is InChI=1S/C18H25N3O/c1-3-17(9-10-19)20-18(22)15-7-4-6-14(12-15)16-8-5-11-21(2)13-16/h4,6-7,12,16-17H,3,5,8-9,11,13H2,1-2H3,(H,20,22). The molecule has 1 amide bonds. The summed E-state index contributed by atoms with van der Waals surface area (Å²) in [5.74, 6) is 0.431. The summed E-state index contributed by atoms with van der Waals surface area (Å²) in [5.41, 5.74) is 1.94. The highest BCUT2D eigenvalue weighted by molar-refractivity contribution is 5.94. The number of carbonyl (C=O) groups excluding carboxylic acids is 1. The SMILES string of the molecule is CCC(CC#N)NC(=O)c1cccc(C2CCCN(C)C2)c1. The average molecular weight is 299 g/mol. The second-order valence-electron chi connectivity index (χ2n) is 6.17. The number of likely N-dealkylation sites (tertiary alicyclic amines) is 1. The molecule has 2 rings (SSSR count). The summed E-state index contributed by atoms with van der Waals surface area (Å²) in [6.07, 6.45) is 3.51. The quantitative estimate of drug-likeness (QED) is 0.909. The van der Waals surface area contributed by atoms with Crippen LogP contribution in [0.5, 0.6) is 0 Å². The van der Waals surface area contributed by atoms with Crippen LogP contribution in [0.1, 0.15) is 54.4 Å². The minimum absolute atomic E-state index is 0.0676. The molecule has 2 unspecified atom stereocenters. The smallest absolute Gasteiger partial charge is 0.251 e. The van der Waals surface area contributed by atoms with E-state index in [4.69, 9.17) is 5.26 Å². The zero-order valence-electron chi connectivity index (χ0n) is 13.5. The Hall–Kier alpha value is -1.86. The van der Waals surface area contributed by atoms with Crippen molar-refractivity contribution >= 4 is 5.91 Å². The van der Waals surface area contributed by atoms with Gasteiger partial charge in [0, 0.05) is 18.2 Å². The third-order valence-corrected chi connectivity index (χ3v) is 4.41. The molecule has 2 atom stereocenters. The van der Waals surface area contributed by atoms with Gasteiger partial charge in [-0.05, 0) is 56.5 Å². The lowest BCUT2D eigenvalue weighted by Gasteiger charge is -2.30. The third-order valence-electron chi connectivity index (χ3n) is 4.41. The predicted molar refractivity (Wildman–Crippen MR) is 87.7 cm³/mol. The Balaban J connectivity index is 2.07. The molecule has 1 aromatic rings. The lowest BCUT2D eigenvalue weighted by Crippen LogP contribution is -2.34. The second kappa shape index (κ2) is 7.95. The molecule has 0 spiro atoms. The molecular weight excluding hydrogens is 274 g/mol. The topological polar surface area (TPSA) is 56.1 Å². The lowest BCUT2D eigenvalue weighted by molar-refractivity contribution is 0.0936.